The second-order valence-corrected chi connectivity index (χ2v) is 5.82. The van der Waals surface area contributed by atoms with Crippen molar-refractivity contribution in [2.45, 2.75) is 51.9 Å². The molecule has 0 aliphatic rings. The molecule has 2 heteroatoms. The Balaban J connectivity index is 2.91. The van der Waals surface area contributed by atoms with Gasteiger partial charge in [0.1, 0.15) is 0 Å². The summed E-state index contributed by atoms with van der Waals surface area (Å²) in [6.07, 6.45) is 4.92. The predicted octanol–water partition coefficient (Wildman–Crippen LogP) is 4.07. The molecule has 0 fully saturated rings. The van der Waals surface area contributed by atoms with E-state index in [0.29, 0.717) is 0 Å². The summed E-state index contributed by atoms with van der Waals surface area (Å²) in [5.41, 5.74) is 3.12. The first-order chi connectivity index (χ1) is 9.68. The van der Waals surface area contributed by atoms with Gasteiger partial charge in [0.05, 0.1) is 6.61 Å². The number of aryl methyl sites for hydroxylation is 1. The van der Waals surface area contributed by atoms with Gasteiger partial charge in [0.2, 0.25) is 0 Å². The van der Waals surface area contributed by atoms with Crippen LogP contribution in [0.1, 0.15) is 50.7 Å². The molecule has 0 saturated heterocycles. The highest BCUT2D eigenvalue weighted by molar-refractivity contribution is 5.30. The van der Waals surface area contributed by atoms with E-state index in [1.807, 2.05) is 0 Å². The first-order valence-corrected chi connectivity index (χ1v) is 7.95. The van der Waals surface area contributed by atoms with Crippen LogP contribution < -0.4 is 5.32 Å². The number of hydrogen-bond acceptors (Lipinski definition) is 2. The SMILES string of the molecule is CCCC(CCC)(CNCCOC)c1cccc(C)c1. The van der Waals surface area contributed by atoms with Crippen LogP contribution in [0.5, 0.6) is 0 Å². The maximum absolute atomic E-state index is 5.14. The molecule has 114 valence electrons. The van der Waals surface area contributed by atoms with Gasteiger partial charge >= 0.3 is 0 Å². The number of ether oxygens (including phenoxy) is 1. The minimum atomic E-state index is 0.267. The number of hydrogen-bond donors (Lipinski definition) is 1. The zero-order valence-electron chi connectivity index (χ0n) is 13.7. The van der Waals surface area contributed by atoms with Crippen LogP contribution in [0.25, 0.3) is 0 Å². The quantitative estimate of drug-likeness (QED) is 0.651. The largest absolute Gasteiger partial charge is 0.383 e. The molecule has 1 N–H and O–H groups in total. The van der Waals surface area contributed by atoms with E-state index in [4.69, 9.17) is 4.74 Å². The van der Waals surface area contributed by atoms with E-state index in [9.17, 15) is 0 Å². The van der Waals surface area contributed by atoms with E-state index in [0.717, 1.165) is 19.7 Å². The third kappa shape index (κ3) is 4.92. The lowest BCUT2D eigenvalue weighted by Gasteiger charge is -2.35. The Kier molecular flexibility index (Phi) is 7.86. The number of benzene rings is 1. The van der Waals surface area contributed by atoms with Gasteiger partial charge in [-0.1, -0.05) is 56.5 Å². The summed E-state index contributed by atoms with van der Waals surface area (Å²) >= 11 is 0. The molecular formula is C18H31NO. The summed E-state index contributed by atoms with van der Waals surface area (Å²) in [7, 11) is 1.76. The lowest BCUT2D eigenvalue weighted by atomic mass is 9.73. The Morgan fingerprint density at radius 2 is 1.85 bits per heavy atom. The molecule has 0 aliphatic carbocycles. The molecule has 0 amide bonds. The van der Waals surface area contributed by atoms with Gasteiger partial charge in [0.15, 0.2) is 0 Å². The Hall–Kier alpha value is -0.860. The zero-order chi connectivity index (χ0) is 14.8. The summed E-state index contributed by atoms with van der Waals surface area (Å²) in [5, 5.41) is 3.59. The van der Waals surface area contributed by atoms with Crippen molar-refractivity contribution in [2.75, 3.05) is 26.8 Å². The fourth-order valence-corrected chi connectivity index (χ4v) is 3.13. The smallest absolute Gasteiger partial charge is 0.0587 e. The highest BCUT2D eigenvalue weighted by Crippen LogP contribution is 2.34. The maximum atomic E-state index is 5.14. The van der Waals surface area contributed by atoms with Crippen LogP contribution in [0.15, 0.2) is 24.3 Å². The second kappa shape index (κ2) is 9.15. The van der Waals surface area contributed by atoms with Crippen LogP contribution >= 0.6 is 0 Å². The minimum Gasteiger partial charge on any atom is -0.383 e. The average molecular weight is 277 g/mol. The second-order valence-electron chi connectivity index (χ2n) is 5.82. The molecule has 1 aromatic carbocycles. The Morgan fingerprint density at radius 3 is 2.40 bits per heavy atom. The Labute approximate surface area is 124 Å². The van der Waals surface area contributed by atoms with Crippen molar-refractivity contribution >= 4 is 0 Å². The topological polar surface area (TPSA) is 21.3 Å². The van der Waals surface area contributed by atoms with Gasteiger partial charge < -0.3 is 10.1 Å². The Morgan fingerprint density at radius 1 is 1.15 bits per heavy atom. The third-order valence-corrected chi connectivity index (χ3v) is 4.03. The first kappa shape index (κ1) is 17.2. The van der Waals surface area contributed by atoms with E-state index in [1.54, 1.807) is 7.11 Å². The molecule has 0 radical (unpaired) electrons. The van der Waals surface area contributed by atoms with E-state index >= 15 is 0 Å². The van der Waals surface area contributed by atoms with Gasteiger partial charge in [0.25, 0.3) is 0 Å². The molecule has 0 atom stereocenters. The van der Waals surface area contributed by atoms with E-state index in [2.05, 4.69) is 50.4 Å². The molecule has 20 heavy (non-hydrogen) atoms. The molecule has 2 nitrogen and oxygen atoms in total. The molecule has 0 saturated carbocycles. The number of methoxy groups -OCH3 is 1. The molecule has 0 unspecified atom stereocenters. The lowest BCUT2D eigenvalue weighted by Crippen LogP contribution is -2.39. The van der Waals surface area contributed by atoms with Crippen molar-refractivity contribution in [3.8, 4) is 0 Å². The van der Waals surface area contributed by atoms with Crippen LogP contribution in [0.2, 0.25) is 0 Å². The first-order valence-electron chi connectivity index (χ1n) is 7.95. The lowest BCUT2D eigenvalue weighted by molar-refractivity contribution is 0.194. The average Bonchev–Trinajstić information content (AvgIpc) is 2.44. The number of rotatable bonds is 10. The summed E-state index contributed by atoms with van der Waals surface area (Å²) in [6.45, 7) is 9.51. The van der Waals surface area contributed by atoms with Gasteiger partial charge in [-0.25, -0.2) is 0 Å². The predicted molar refractivity (Wildman–Crippen MR) is 87.4 cm³/mol. The molecule has 0 bridgehead atoms. The highest BCUT2D eigenvalue weighted by Gasteiger charge is 2.30. The third-order valence-electron chi connectivity index (χ3n) is 4.03. The molecular weight excluding hydrogens is 246 g/mol. The van der Waals surface area contributed by atoms with Crippen molar-refractivity contribution in [2.24, 2.45) is 0 Å². The van der Waals surface area contributed by atoms with Gasteiger partial charge in [-0.2, -0.15) is 0 Å². The summed E-state index contributed by atoms with van der Waals surface area (Å²) in [5.74, 6) is 0. The van der Waals surface area contributed by atoms with Gasteiger partial charge in [-0.05, 0) is 25.3 Å². The van der Waals surface area contributed by atoms with Crippen LogP contribution in [-0.2, 0) is 10.2 Å². The van der Waals surface area contributed by atoms with Crippen LogP contribution in [-0.4, -0.2) is 26.8 Å². The molecule has 0 aliphatic heterocycles. The molecule has 1 rings (SSSR count). The van der Waals surface area contributed by atoms with E-state index in [-0.39, 0.29) is 5.41 Å². The van der Waals surface area contributed by atoms with Gasteiger partial charge in [-0.3, -0.25) is 0 Å². The van der Waals surface area contributed by atoms with Crippen molar-refractivity contribution < 1.29 is 4.74 Å². The normalized spacial score (nSPS) is 11.8. The van der Waals surface area contributed by atoms with Gasteiger partial charge in [0, 0.05) is 25.6 Å². The van der Waals surface area contributed by atoms with Crippen molar-refractivity contribution in [3.05, 3.63) is 35.4 Å². The molecule has 0 spiro atoms. The van der Waals surface area contributed by atoms with Crippen molar-refractivity contribution in [3.63, 3.8) is 0 Å². The van der Waals surface area contributed by atoms with Crippen molar-refractivity contribution in [1.29, 1.82) is 0 Å². The van der Waals surface area contributed by atoms with Crippen LogP contribution in [0.4, 0.5) is 0 Å². The van der Waals surface area contributed by atoms with E-state index < -0.39 is 0 Å². The fourth-order valence-electron chi connectivity index (χ4n) is 3.13. The summed E-state index contributed by atoms with van der Waals surface area (Å²) < 4.78 is 5.14. The summed E-state index contributed by atoms with van der Waals surface area (Å²) in [4.78, 5) is 0. The fraction of sp³-hybridized carbons (Fsp3) is 0.667. The monoisotopic (exact) mass is 277 g/mol. The van der Waals surface area contributed by atoms with Crippen LogP contribution in [0.3, 0.4) is 0 Å². The zero-order valence-corrected chi connectivity index (χ0v) is 13.7. The number of nitrogens with one attached hydrogen (secondary N) is 1. The standard InChI is InChI=1S/C18H31NO/c1-5-10-18(11-6-2,15-19-12-13-20-4)17-9-7-8-16(3)14-17/h7-9,14,19H,5-6,10-13,15H2,1-4H3. The molecule has 1 aromatic rings. The molecule has 0 heterocycles. The van der Waals surface area contributed by atoms with E-state index in [1.165, 1.54) is 36.8 Å². The maximum Gasteiger partial charge on any atom is 0.0587 e. The summed E-state index contributed by atoms with van der Waals surface area (Å²) in [6, 6.07) is 9.05. The van der Waals surface area contributed by atoms with Crippen LogP contribution in [0, 0.1) is 6.92 Å². The Bertz CT molecular complexity index is 369. The minimum absolute atomic E-state index is 0.267. The molecule has 0 aromatic heterocycles. The van der Waals surface area contributed by atoms with Gasteiger partial charge in [-0.15, -0.1) is 0 Å². The van der Waals surface area contributed by atoms with Crippen molar-refractivity contribution in [1.82, 2.24) is 5.32 Å². The highest BCUT2D eigenvalue weighted by atomic mass is 16.5.